The molecule has 0 amide bonds. The van der Waals surface area contributed by atoms with Crippen LogP contribution >= 0.6 is 0 Å². The number of aromatic nitrogens is 1. The number of nitrogens with zero attached hydrogens (tertiary/aromatic N) is 3. The van der Waals surface area contributed by atoms with Crippen LogP contribution in [-0.4, -0.2) is 10.8 Å². The van der Waals surface area contributed by atoms with Crippen LogP contribution in [0.5, 0.6) is 0 Å². The number of hydrogen-bond acceptors (Lipinski definition) is 2. The van der Waals surface area contributed by atoms with Crippen LogP contribution in [0.4, 0.5) is 5.69 Å². The van der Waals surface area contributed by atoms with Crippen molar-refractivity contribution in [3.63, 3.8) is 0 Å². The van der Waals surface area contributed by atoms with E-state index in [0.29, 0.717) is 5.56 Å². The molecule has 0 atom stereocenters. The first-order valence-electron chi connectivity index (χ1n) is 6.79. The van der Waals surface area contributed by atoms with Gasteiger partial charge in [-0.2, -0.15) is 5.26 Å². The third kappa shape index (κ3) is 2.32. The summed E-state index contributed by atoms with van der Waals surface area (Å²) >= 11 is 0. The van der Waals surface area contributed by atoms with Gasteiger partial charge in [0, 0.05) is 35.4 Å². The van der Waals surface area contributed by atoms with E-state index in [1.54, 1.807) is 12.1 Å². The van der Waals surface area contributed by atoms with E-state index in [1.807, 2.05) is 30.5 Å². The Morgan fingerprint density at radius 1 is 1.10 bits per heavy atom. The van der Waals surface area contributed by atoms with Gasteiger partial charge in [0.25, 0.3) is 0 Å². The summed E-state index contributed by atoms with van der Waals surface area (Å²) in [6, 6.07) is 17.7. The minimum Gasteiger partial charge on any atom is -0.347 e. The van der Waals surface area contributed by atoms with E-state index in [2.05, 4.69) is 41.7 Å². The molecule has 0 saturated carbocycles. The molecular formula is C18H15N3. The fourth-order valence-electron chi connectivity index (χ4n) is 2.47. The lowest BCUT2D eigenvalue weighted by atomic mass is 10.1. The van der Waals surface area contributed by atoms with Gasteiger partial charge in [-0.1, -0.05) is 18.2 Å². The Morgan fingerprint density at radius 3 is 2.52 bits per heavy atom. The Hall–Kier alpha value is -2.86. The van der Waals surface area contributed by atoms with Crippen molar-refractivity contribution in [1.29, 1.82) is 5.26 Å². The molecule has 0 aliphatic carbocycles. The fourth-order valence-corrected chi connectivity index (χ4v) is 2.47. The molecule has 2 aromatic carbocycles. The quantitative estimate of drug-likeness (QED) is 0.648. The van der Waals surface area contributed by atoms with Gasteiger partial charge in [0.2, 0.25) is 0 Å². The second kappa shape index (κ2) is 5.26. The predicted octanol–water partition coefficient (Wildman–Crippen LogP) is 4.11. The summed E-state index contributed by atoms with van der Waals surface area (Å²) in [7, 11) is 2.07. The monoisotopic (exact) mass is 273 g/mol. The van der Waals surface area contributed by atoms with Gasteiger partial charge in [-0.05, 0) is 37.3 Å². The smallest absolute Gasteiger partial charge is 0.0991 e. The molecule has 0 saturated heterocycles. The van der Waals surface area contributed by atoms with Crippen LogP contribution in [0.2, 0.25) is 0 Å². The molecule has 102 valence electrons. The molecule has 0 aliphatic heterocycles. The van der Waals surface area contributed by atoms with Crippen molar-refractivity contribution in [2.45, 2.75) is 6.92 Å². The van der Waals surface area contributed by atoms with Gasteiger partial charge in [-0.15, -0.1) is 0 Å². The van der Waals surface area contributed by atoms with E-state index in [0.717, 1.165) is 11.3 Å². The highest BCUT2D eigenvalue weighted by atomic mass is 14.9. The second-order valence-corrected chi connectivity index (χ2v) is 4.99. The molecule has 3 rings (SSSR count). The lowest BCUT2D eigenvalue weighted by Gasteiger charge is -1.97. The first kappa shape index (κ1) is 13.1. The summed E-state index contributed by atoms with van der Waals surface area (Å²) in [4.78, 5) is 4.53. The molecule has 0 radical (unpaired) electrons. The lowest BCUT2D eigenvalue weighted by Crippen LogP contribution is -1.91. The van der Waals surface area contributed by atoms with Crippen molar-refractivity contribution in [3.05, 3.63) is 65.4 Å². The maximum atomic E-state index is 8.80. The Balaban J connectivity index is 2.03. The number of para-hydroxylation sites is 1. The van der Waals surface area contributed by atoms with Crippen molar-refractivity contribution >= 4 is 22.8 Å². The second-order valence-electron chi connectivity index (χ2n) is 4.99. The summed E-state index contributed by atoms with van der Waals surface area (Å²) in [5.41, 5.74) is 5.03. The highest BCUT2D eigenvalue weighted by Crippen LogP contribution is 2.24. The molecule has 0 bridgehead atoms. The number of aryl methyl sites for hydroxylation is 1. The molecular weight excluding hydrogens is 258 g/mol. The van der Waals surface area contributed by atoms with Crippen LogP contribution in [-0.2, 0) is 7.05 Å². The minimum absolute atomic E-state index is 0.648. The predicted molar refractivity (Wildman–Crippen MR) is 86.1 cm³/mol. The van der Waals surface area contributed by atoms with Crippen molar-refractivity contribution in [2.75, 3.05) is 0 Å². The van der Waals surface area contributed by atoms with Crippen LogP contribution in [0.15, 0.2) is 53.5 Å². The Morgan fingerprint density at radius 2 is 1.81 bits per heavy atom. The normalized spacial score (nSPS) is 11.1. The van der Waals surface area contributed by atoms with Crippen LogP contribution in [0.25, 0.3) is 10.9 Å². The van der Waals surface area contributed by atoms with Gasteiger partial charge in [0.1, 0.15) is 0 Å². The van der Waals surface area contributed by atoms with E-state index < -0.39 is 0 Å². The summed E-state index contributed by atoms with van der Waals surface area (Å²) in [5.74, 6) is 0. The number of benzene rings is 2. The molecule has 3 heteroatoms. The van der Waals surface area contributed by atoms with Crippen LogP contribution in [0.3, 0.4) is 0 Å². The van der Waals surface area contributed by atoms with Gasteiger partial charge in [0.05, 0.1) is 17.3 Å². The number of aliphatic imine (C=N–C) groups is 1. The molecule has 3 aromatic rings. The minimum atomic E-state index is 0.648. The van der Waals surface area contributed by atoms with Crippen LogP contribution in [0, 0.1) is 18.3 Å². The highest BCUT2D eigenvalue weighted by Gasteiger charge is 2.08. The van der Waals surface area contributed by atoms with Crippen molar-refractivity contribution < 1.29 is 0 Å². The molecule has 21 heavy (non-hydrogen) atoms. The standard InChI is InChI=1S/C18H15N3/c1-13-17(16-5-3-4-6-18(16)21(13)2)12-20-15-9-7-14(11-19)8-10-15/h3-10,12H,1-2H3. The van der Waals surface area contributed by atoms with E-state index >= 15 is 0 Å². The topological polar surface area (TPSA) is 41.1 Å². The lowest BCUT2D eigenvalue weighted by molar-refractivity contribution is 0.917. The van der Waals surface area contributed by atoms with Gasteiger partial charge in [0.15, 0.2) is 0 Å². The largest absolute Gasteiger partial charge is 0.347 e. The summed E-state index contributed by atoms with van der Waals surface area (Å²) in [6.07, 6.45) is 1.90. The summed E-state index contributed by atoms with van der Waals surface area (Å²) in [5, 5.41) is 10.0. The molecule has 3 nitrogen and oxygen atoms in total. The van der Waals surface area contributed by atoms with Crippen molar-refractivity contribution in [2.24, 2.45) is 12.0 Å². The van der Waals surface area contributed by atoms with Gasteiger partial charge in [-0.25, -0.2) is 0 Å². The molecule has 0 spiro atoms. The molecule has 1 heterocycles. The first-order valence-corrected chi connectivity index (χ1v) is 6.79. The number of nitriles is 1. The average molecular weight is 273 g/mol. The third-order valence-corrected chi connectivity index (χ3v) is 3.79. The van der Waals surface area contributed by atoms with Crippen LogP contribution in [0.1, 0.15) is 16.8 Å². The molecule has 0 fully saturated rings. The number of fused-ring (bicyclic) bond motifs is 1. The van der Waals surface area contributed by atoms with E-state index in [-0.39, 0.29) is 0 Å². The van der Waals surface area contributed by atoms with Gasteiger partial charge in [-0.3, -0.25) is 4.99 Å². The third-order valence-electron chi connectivity index (χ3n) is 3.79. The highest BCUT2D eigenvalue weighted by molar-refractivity contribution is 6.01. The van der Waals surface area contributed by atoms with Crippen LogP contribution < -0.4 is 0 Å². The zero-order chi connectivity index (χ0) is 14.8. The summed E-state index contributed by atoms with van der Waals surface area (Å²) in [6.45, 7) is 2.10. The van der Waals surface area contributed by atoms with Gasteiger partial charge >= 0.3 is 0 Å². The zero-order valence-electron chi connectivity index (χ0n) is 12.0. The van der Waals surface area contributed by atoms with Gasteiger partial charge < -0.3 is 4.57 Å². The fraction of sp³-hybridized carbons (Fsp3) is 0.111. The zero-order valence-corrected chi connectivity index (χ0v) is 12.0. The maximum absolute atomic E-state index is 8.80. The first-order chi connectivity index (χ1) is 10.2. The molecule has 0 N–H and O–H groups in total. The Labute approximate surface area is 123 Å². The van der Waals surface area contributed by atoms with E-state index in [4.69, 9.17) is 5.26 Å². The average Bonchev–Trinajstić information content (AvgIpc) is 2.78. The Bertz CT molecular complexity index is 862. The number of rotatable bonds is 2. The molecule has 0 aliphatic rings. The SMILES string of the molecule is Cc1c(C=Nc2ccc(C#N)cc2)c2ccccc2n1C. The van der Waals surface area contributed by atoms with Crippen molar-refractivity contribution in [1.82, 2.24) is 4.57 Å². The molecule has 1 aromatic heterocycles. The summed E-state index contributed by atoms with van der Waals surface area (Å²) < 4.78 is 2.18. The Kier molecular flexibility index (Phi) is 3.29. The number of hydrogen-bond donors (Lipinski definition) is 0. The van der Waals surface area contributed by atoms with E-state index in [1.165, 1.54) is 16.6 Å². The maximum Gasteiger partial charge on any atom is 0.0991 e. The van der Waals surface area contributed by atoms with Crippen molar-refractivity contribution in [3.8, 4) is 6.07 Å². The van der Waals surface area contributed by atoms with E-state index in [9.17, 15) is 0 Å². The molecule has 0 unspecified atom stereocenters.